The van der Waals surface area contributed by atoms with Crippen LogP contribution in [0.15, 0.2) is 47.5 Å². The smallest absolute Gasteiger partial charge is 0.194 e. The van der Waals surface area contributed by atoms with Gasteiger partial charge in [-0.1, -0.05) is 6.07 Å². The maximum atomic E-state index is 13.4. The number of piperazine rings is 1. The average Bonchev–Trinajstić information content (AvgIpc) is 2.66. The fraction of sp³-hybridized carbons (Fsp3) is 0.316. The first-order valence-electron chi connectivity index (χ1n) is 8.50. The number of benzene rings is 2. The van der Waals surface area contributed by atoms with Gasteiger partial charge in [-0.15, -0.1) is 24.0 Å². The van der Waals surface area contributed by atoms with Gasteiger partial charge >= 0.3 is 0 Å². The van der Waals surface area contributed by atoms with Crippen LogP contribution in [0.25, 0.3) is 0 Å². The Balaban J connectivity index is 0.00000261. The summed E-state index contributed by atoms with van der Waals surface area (Å²) in [5.41, 5.74) is 1.74. The molecule has 1 saturated heterocycles. The van der Waals surface area contributed by atoms with Crippen LogP contribution in [0, 0.1) is 11.6 Å². The van der Waals surface area contributed by atoms with Crippen molar-refractivity contribution in [3.63, 3.8) is 0 Å². The molecule has 27 heavy (non-hydrogen) atoms. The van der Waals surface area contributed by atoms with Crippen LogP contribution >= 0.6 is 24.0 Å². The van der Waals surface area contributed by atoms with E-state index in [-0.39, 0.29) is 35.5 Å². The third-order valence-corrected chi connectivity index (χ3v) is 4.45. The summed E-state index contributed by atoms with van der Waals surface area (Å²) in [5.74, 6) is -0.470. The normalized spacial score (nSPS) is 14.7. The van der Waals surface area contributed by atoms with Gasteiger partial charge in [-0.05, 0) is 42.0 Å². The predicted molar refractivity (Wildman–Crippen MR) is 114 cm³/mol. The number of anilines is 1. The summed E-state index contributed by atoms with van der Waals surface area (Å²) < 4.78 is 26.5. The quantitative estimate of drug-likeness (QED) is 0.396. The van der Waals surface area contributed by atoms with Crippen molar-refractivity contribution in [2.24, 2.45) is 4.99 Å². The lowest BCUT2D eigenvalue weighted by Crippen LogP contribution is -2.52. The minimum atomic E-state index is -0.632. The highest BCUT2D eigenvalue weighted by molar-refractivity contribution is 14.0. The fourth-order valence-electron chi connectivity index (χ4n) is 3.00. The highest BCUT2D eigenvalue weighted by atomic mass is 127. The van der Waals surface area contributed by atoms with Crippen molar-refractivity contribution < 1.29 is 13.9 Å². The molecule has 0 aliphatic carbocycles. The standard InChI is InChI=1S/C19H22F2N4O.HI/c1-22-19(23-13-14-2-7-18(26)17(21)12-14)25-10-8-24(9-11-25)16-5-3-15(20)4-6-16;/h2-7,12,26H,8-11,13H2,1H3,(H,22,23);1H. The van der Waals surface area contributed by atoms with Crippen molar-refractivity contribution in [2.45, 2.75) is 6.54 Å². The van der Waals surface area contributed by atoms with Crippen molar-refractivity contribution in [1.82, 2.24) is 10.2 Å². The number of hydrogen-bond acceptors (Lipinski definition) is 3. The molecule has 8 heteroatoms. The number of rotatable bonds is 3. The predicted octanol–water partition coefficient (Wildman–Crippen LogP) is 3.19. The van der Waals surface area contributed by atoms with E-state index in [0.29, 0.717) is 6.54 Å². The van der Waals surface area contributed by atoms with E-state index < -0.39 is 5.82 Å². The minimum absolute atomic E-state index is 0. The first-order chi connectivity index (χ1) is 12.6. The van der Waals surface area contributed by atoms with Gasteiger partial charge in [-0.25, -0.2) is 8.78 Å². The molecule has 0 saturated carbocycles. The van der Waals surface area contributed by atoms with E-state index >= 15 is 0 Å². The Hall–Kier alpha value is -2.10. The van der Waals surface area contributed by atoms with Crippen LogP contribution in [0.3, 0.4) is 0 Å². The molecule has 0 radical (unpaired) electrons. The average molecular weight is 488 g/mol. The Labute approximate surface area is 174 Å². The molecule has 0 unspecified atom stereocenters. The Bertz CT molecular complexity index is 778. The summed E-state index contributed by atoms with van der Waals surface area (Å²) in [6.07, 6.45) is 0. The molecule has 0 atom stereocenters. The maximum absolute atomic E-state index is 13.4. The van der Waals surface area contributed by atoms with Crippen LogP contribution in [0.1, 0.15) is 5.56 Å². The van der Waals surface area contributed by atoms with E-state index in [4.69, 9.17) is 0 Å². The van der Waals surface area contributed by atoms with Gasteiger partial charge in [0.1, 0.15) is 5.82 Å². The number of guanidine groups is 1. The molecule has 1 aliphatic rings. The largest absolute Gasteiger partial charge is 0.505 e. The Morgan fingerprint density at radius 3 is 2.33 bits per heavy atom. The molecule has 0 spiro atoms. The van der Waals surface area contributed by atoms with Gasteiger partial charge in [0.05, 0.1) is 0 Å². The molecule has 1 fully saturated rings. The van der Waals surface area contributed by atoms with Gasteiger partial charge in [-0.2, -0.15) is 0 Å². The second kappa shape index (κ2) is 9.72. The van der Waals surface area contributed by atoms with Crippen LogP contribution < -0.4 is 10.2 Å². The number of nitrogens with one attached hydrogen (secondary N) is 1. The van der Waals surface area contributed by atoms with Crippen LogP contribution in [0.5, 0.6) is 5.75 Å². The number of phenols is 1. The molecule has 3 rings (SSSR count). The van der Waals surface area contributed by atoms with E-state index in [1.807, 2.05) is 0 Å². The van der Waals surface area contributed by atoms with E-state index in [9.17, 15) is 13.9 Å². The summed E-state index contributed by atoms with van der Waals surface area (Å²) >= 11 is 0. The Morgan fingerprint density at radius 1 is 1.07 bits per heavy atom. The highest BCUT2D eigenvalue weighted by Gasteiger charge is 2.19. The minimum Gasteiger partial charge on any atom is -0.505 e. The van der Waals surface area contributed by atoms with Crippen molar-refractivity contribution in [3.05, 3.63) is 59.7 Å². The number of aromatic hydroxyl groups is 1. The summed E-state index contributed by atoms with van der Waals surface area (Å²) in [7, 11) is 1.71. The number of aliphatic imine (C=N–C) groups is 1. The first-order valence-corrected chi connectivity index (χ1v) is 8.50. The molecule has 2 N–H and O–H groups in total. The zero-order valence-corrected chi connectivity index (χ0v) is 17.4. The van der Waals surface area contributed by atoms with Gasteiger partial charge in [0.15, 0.2) is 17.5 Å². The number of halogens is 3. The van der Waals surface area contributed by atoms with Gasteiger partial charge in [0.25, 0.3) is 0 Å². The van der Waals surface area contributed by atoms with Crippen molar-refractivity contribution >= 4 is 35.6 Å². The molecular weight excluding hydrogens is 465 g/mol. The summed E-state index contributed by atoms with van der Waals surface area (Å²) in [5, 5.41) is 12.5. The number of phenolic OH excluding ortho intramolecular Hbond substituents is 1. The van der Waals surface area contributed by atoms with Crippen molar-refractivity contribution in [1.29, 1.82) is 0 Å². The first kappa shape index (κ1) is 21.2. The molecule has 2 aromatic carbocycles. The highest BCUT2D eigenvalue weighted by Crippen LogP contribution is 2.18. The number of hydrogen-bond donors (Lipinski definition) is 2. The Morgan fingerprint density at radius 2 is 1.74 bits per heavy atom. The van der Waals surface area contributed by atoms with E-state index in [0.717, 1.165) is 43.4 Å². The van der Waals surface area contributed by atoms with Crippen molar-refractivity contribution in [3.8, 4) is 5.75 Å². The van der Waals surface area contributed by atoms with E-state index in [1.165, 1.54) is 24.3 Å². The summed E-state index contributed by atoms with van der Waals surface area (Å²) in [4.78, 5) is 8.64. The zero-order chi connectivity index (χ0) is 18.5. The lowest BCUT2D eigenvalue weighted by atomic mass is 10.2. The van der Waals surface area contributed by atoms with E-state index in [2.05, 4.69) is 20.1 Å². The second-order valence-electron chi connectivity index (χ2n) is 6.14. The molecular formula is C19H23F2IN4O. The molecule has 2 aromatic rings. The zero-order valence-electron chi connectivity index (χ0n) is 15.0. The van der Waals surface area contributed by atoms with E-state index in [1.54, 1.807) is 25.2 Å². The topological polar surface area (TPSA) is 51.1 Å². The maximum Gasteiger partial charge on any atom is 0.194 e. The fourth-order valence-corrected chi connectivity index (χ4v) is 3.00. The summed E-state index contributed by atoms with van der Waals surface area (Å²) in [6, 6.07) is 10.8. The van der Waals surface area contributed by atoms with Crippen molar-refractivity contribution in [2.75, 3.05) is 38.1 Å². The van der Waals surface area contributed by atoms with Crippen LogP contribution in [-0.2, 0) is 6.54 Å². The van der Waals surface area contributed by atoms with Gasteiger partial charge in [0.2, 0.25) is 0 Å². The molecule has 1 aliphatic heterocycles. The molecule has 146 valence electrons. The molecule has 0 aromatic heterocycles. The lowest BCUT2D eigenvalue weighted by Gasteiger charge is -2.37. The van der Waals surface area contributed by atoms with Gasteiger partial charge in [0, 0.05) is 45.5 Å². The third kappa shape index (κ3) is 5.44. The number of nitrogens with zero attached hydrogens (tertiary/aromatic N) is 3. The summed E-state index contributed by atoms with van der Waals surface area (Å²) in [6.45, 7) is 3.59. The molecule has 0 bridgehead atoms. The SMILES string of the molecule is CN=C(NCc1ccc(O)c(F)c1)N1CCN(c2ccc(F)cc2)CC1.I. The van der Waals surface area contributed by atoms with Crippen LogP contribution in [0.2, 0.25) is 0 Å². The van der Waals surface area contributed by atoms with Gasteiger partial charge < -0.3 is 20.2 Å². The molecule has 1 heterocycles. The van der Waals surface area contributed by atoms with Crippen LogP contribution in [-0.4, -0.2) is 49.2 Å². The molecule has 0 amide bonds. The third-order valence-electron chi connectivity index (χ3n) is 4.45. The van der Waals surface area contributed by atoms with Gasteiger partial charge in [-0.3, -0.25) is 4.99 Å². The Kier molecular flexibility index (Phi) is 7.64. The van der Waals surface area contributed by atoms with Crippen LogP contribution in [0.4, 0.5) is 14.5 Å². The molecule has 5 nitrogen and oxygen atoms in total. The monoisotopic (exact) mass is 488 g/mol. The lowest BCUT2D eigenvalue weighted by molar-refractivity contribution is 0.372. The second-order valence-corrected chi connectivity index (χ2v) is 6.14.